The summed E-state index contributed by atoms with van der Waals surface area (Å²) in [7, 11) is 0. The Morgan fingerprint density at radius 3 is 2.75 bits per heavy atom. The van der Waals surface area contributed by atoms with Crippen LogP contribution in [-0.4, -0.2) is 30.5 Å². The lowest BCUT2D eigenvalue weighted by atomic mass is 10.1. The Kier molecular flexibility index (Phi) is 1.81. The number of hydrogen-bond acceptors (Lipinski definition) is 2. The molecule has 2 N–H and O–H groups in total. The molecule has 1 rings (SSSR count). The fourth-order valence-electron chi connectivity index (χ4n) is 0.810. The summed E-state index contributed by atoms with van der Waals surface area (Å²) in [6.07, 6.45) is -1.33. The van der Waals surface area contributed by atoms with Gasteiger partial charge in [-0.2, -0.15) is 0 Å². The van der Waals surface area contributed by atoms with E-state index in [1.54, 1.807) is 0 Å². The second-order valence-electron chi connectivity index (χ2n) is 2.08. The molecule has 1 aliphatic heterocycles. The highest BCUT2D eigenvalue weighted by molar-refractivity contribution is 4.75. The van der Waals surface area contributed by atoms with Gasteiger partial charge in [0.05, 0.1) is 6.10 Å². The third kappa shape index (κ3) is 1.17. The van der Waals surface area contributed by atoms with Crippen LogP contribution in [0.1, 0.15) is 6.42 Å². The normalized spacial score (nSPS) is 39.8. The summed E-state index contributed by atoms with van der Waals surface area (Å²) < 4.78 is 12.3. The minimum atomic E-state index is -1.00. The van der Waals surface area contributed by atoms with Gasteiger partial charge in [-0.3, -0.25) is 0 Å². The van der Waals surface area contributed by atoms with Crippen LogP contribution in [0.3, 0.4) is 0 Å². The number of aliphatic hydroxyl groups excluding tert-OH is 1. The standard InChI is InChI=1S/C5H10FNO/c6-4-1-2-7-3-5(4)8/h4-5,7-8H,1-3H2/t4?,5-/m1/s1. The average molecular weight is 119 g/mol. The Balaban J connectivity index is 2.28. The molecule has 1 fully saturated rings. The van der Waals surface area contributed by atoms with Crippen molar-refractivity contribution in [2.24, 2.45) is 0 Å². The first kappa shape index (κ1) is 5.98. The van der Waals surface area contributed by atoms with Gasteiger partial charge in [-0.1, -0.05) is 0 Å². The Hall–Kier alpha value is -0.150. The summed E-state index contributed by atoms with van der Waals surface area (Å²) in [5, 5.41) is 11.6. The van der Waals surface area contributed by atoms with Gasteiger partial charge in [0.15, 0.2) is 0 Å². The fourth-order valence-corrected chi connectivity index (χ4v) is 0.810. The highest BCUT2D eigenvalue weighted by Gasteiger charge is 2.20. The molecule has 8 heavy (non-hydrogen) atoms. The van der Waals surface area contributed by atoms with Crippen LogP contribution in [0.5, 0.6) is 0 Å². The van der Waals surface area contributed by atoms with Crippen LogP contribution in [0, 0.1) is 0 Å². The van der Waals surface area contributed by atoms with Crippen molar-refractivity contribution in [2.75, 3.05) is 13.1 Å². The highest BCUT2D eigenvalue weighted by Crippen LogP contribution is 2.06. The summed E-state index contributed by atoms with van der Waals surface area (Å²) in [4.78, 5) is 0. The van der Waals surface area contributed by atoms with Crippen LogP contribution in [0.4, 0.5) is 4.39 Å². The SMILES string of the molecule is O[C@@H]1CNCCC1F. The number of halogens is 1. The maximum Gasteiger partial charge on any atom is 0.128 e. The lowest BCUT2D eigenvalue weighted by molar-refractivity contribution is 0.0549. The Morgan fingerprint density at radius 1 is 1.62 bits per heavy atom. The zero-order valence-electron chi connectivity index (χ0n) is 4.60. The Bertz CT molecular complexity index is 68.8. The second kappa shape index (κ2) is 2.42. The van der Waals surface area contributed by atoms with Crippen LogP contribution >= 0.6 is 0 Å². The quantitative estimate of drug-likeness (QED) is 0.458. The Labute approximate surface area is 47.7 Å². The molecular weight excluding hydrogens is 109 g/mol. The molecular formula is C5H10FNO. The zero-order chi connectivity index (χ0) is 5.98. The van der Waals surface area contributed by atoms with Gasteiger partial charge in [0.2, 0.25) is 0 Å². The topological polar surface area (TPSA) is 32.3 Å². The van der Waals surface area contributed by atoms with Crippen molar-refractivity contribution in [1.29, 1.82) is 0 Å². The molecule has 3 heteroatoms. The van der Waals surface area contributed by atoms with Crippen molar-refractivity contribution >= 4 is 0 Å². The van der Waals surface area contributed by atoms with Crippen LogP contribution in [0.15, 0.2) is 0 Å². The van der Waals surface area contributed by atoms with Gasteiger partial charge in [0, 0.05) is 6.54 Å². The van der Waals surface area contributed by atoms with Crippen molar-refractivity contribution < 1.29 is 9.50 Å². The molecule has 0 aromatic carbocycles. The third-order valence-electron chi connectivity index (χ3n) is 1.37. The number of aliphatic hydroxyl groups is 1. The smallest absolute Gasteiger partial charge is 0.128 e. The van der Waals surface area contributed by atoms with Crippen molar-refractivity contribution in [3.05, 3.63) is 0 Å². The van der Waals surface area contributed by atoms with E-state index >= 15 is 0 Å². The van der Waals surface area contributed by atoms with Gasteiger partial charge < -0.3 is 10.4 Å². The molecule has 0 amide bonds. The average Bonchev–Trinajstić information content (AvgIpc) is 1.77. The number of hydrogen-bond donors (Lipinski definition) is 2. The second-order valence-corrected chi connectivity index (χ2v) is 2.08. The molecule has 1 unspecified atom stereocenters. The largest absolute Gasteiger partial charge is 0.389 e. The molecule has 0 aromatic heterocycles. The maximum atomic E-state index is 12.3. The van der Waals surface area contributed by atoms with Crippen molar-refractivity contribution in [2.45, 2.75) is 18.7 Å². The van der Waals surface area contributed by atoms with Gasteiger partial charge in [0.25, 0.3) is 0 Å². The molecule has 0 bridgehead atoms. The van der Waals surface area contributed by atoms with Crippen molar-refractivity contribution in [3.8, 4) is 0 Å². The number of nitrogens with one attached hydrogen (secondary N) is 1. The number of β-amino-alcohol motifs (C(OH)–C–C–N with tert-alkyl or cyclic N) is 1. The van der Waals surface area contributed by atoms with E-state index in [0.717, 1.165) is 0 Å². The third-order valence-corrected chi connectivity index (χ3v) is 1.37. The Morgan fingerprint density at radius 2 is 2.38 bits per heavy atom. The van der Waals surface area contributed by atoms with Crippen LogP contribution in [-0.2, 0) is 0 Å². The number of alkyl halides is 1. The van der Waals surface area contributed by atoms with Gasteiger partial charge in [-0.15, -0.1) is 0 Å². The molecule has 1 saturated heterocycles. The van der Waals surface area contributed by atoms with Gasteiger partial charge >= 0.3 is 0 Å². The van der Waals surface area contributed by atoms with E-state index in [1.807, 2.05) is 0 Å². The van der Waals surface area contributed by atoms with Crippen LogP contribution < -0.4 is 5.32 Å². The first-order chi connectivity index (χ1) is 3.80. The lowest BCUT2D eigenvalue weighted by Gasteiger charge is -2.21. The number of piperidine rings is 1. The summed E-state index contributed by atoms with van der Waals surface area (Å²) in [6, 6.07) is 0. The zero-order valence-corrected chi connectivity index (χ0v) is 4.60. The summed E-state index contributed by atoms with van der Waals surface area (Å²) >= 11 is 0. The lowest BCUT2D eigenvalue weighted by Crippen LogP contribution is -2.41. The fraction of sp³-hybridized carbons (Fsp3) is 1.00. The van der Waals surface area contributed by atoms with Crippen LogP contribution in [0.25, 0.3) is 0 Å². The van der Waals surface area contributed by atoms with Gasteiger partial charge in [-0.05, 0) is 13.0 Å². The van der Waals surface area contributed by atoms with E-state index in [-0.39, 0.29) is 0 Å². The molecule has 0 spiro atoms. The van der Waals surface area contributed by atoms with E-state index in [1.165, 1.54) is 0 Å². The van der Waals surface area contributed by atoms with E-state index < -0.39 is 12.3 Å². The molecule has 48 valence electrons. The van der Waals surface area contributed by atoms with Gasteiger partial charge in [0.1, 0.15) is 6.17 Å². The molecule has 2 atom stereocenters. The highest BCUT2D eigenvalue weighted by atomic mass is 19.1. The summed E-state index contributed by atoms with van der Waals surface area (Å²) in [5.74, 6) is 0. The molecule has 2 nitrogen and oxygen atoms in total. The van der Waals surface area contributed by atoms with Crippen molar-refractivity contribution in [1.82, 2.24) is 5.32 Å². The predicted molar refractivity (Wildman–Crippen MR) is 28.4 cm³/mol. The summed E-state index contributed by atoms with van der Waals surface area (Å²) in [5.41, 5.74) is 0. The minimum absolute atomic E-state index is 0.404. The van der Waals surface area contributed by atoms with Gasteiger partial charge in [-0.25, -0.2) is 4.39 Å². The van der Waals surface area contributed by atoms with E-state index in [9.17, 15) is 4.39 Å². The first-order valence-electron chi connectivity index (χ1n) is 2.83. The van der Waals surface area contributed by atoms with E-state index in [4.69, 9.17) is 5.11 Å². The van der Waals surface area contributed by atoms with Crippen molar-refractivity contribution in [3.63, 3.8) is 0 Å². The first-order valence-corrected chi connectivity index (χ1v) is 2.83. The summed E-state index contributed by atoms with van der Waals surface area (Å²) in [6.45, 7) is 1.10. The molecule has 1 heterocycles. The molecule has 0 aromatic rings. The minimum Gasteiger partial charge on any atom is -0.389 e. The molecule has 0 radical (unpaired) electrons. The van der Waals surface area contributed by atoms with E-state index in [2.05, 4.69) is 5.32 Å². The molecule has 1 aliphatic rings. The monoisotopic (exact) mass is 119 g/mol. The van der Waals surface area contributed by atoms with Crippen LogP contribution in [0.2, 0.25) is 0 Å². The number of rotatable bonds is 0. The molecule has 0 saturated carbocycles. The maximum absolute atomic E-state index is 12.3. The van der Waals surface area contributed by atoms with E-state index in [0.29, 0.717) is 19.5 Å². The predicted octanol–water partition coefficient (Wildman–Crippen LogP) is -0.321. The molecule has 0 aliphatic carbocycles.